The molecule has 2 rings (SSSR count). The molecule has 1 heterocycles. The monoisotopic (exact) mass is 273 g/mol. The Kier molecular flexibility index (Phi) is 3.84. The van der Waals surface area contributed by atoms with Gasteiger partial charge in [0.15, 0.2) is 0 Å². The van der Waals surface area contributed by atoms with Gasteiger partial charge in [0, 0.05) is 24.9 Å². The molecule has 6 heteroatoms. The van der Waals surface area contributed by atoms with Gasteiger partial charge in [-0.15, -0.1) is 0 Å². The lowest BCUT2D eigenvalue weighted by Crippen LogP contribution is -2.21. The van der Waals surface area contributed by atoms with Crippen LogP contribution in [0.25, 0.3) is 0 Å². The largest absolute Gasteiger partial charge is 0.383 e. The van der Waals surface area contributed by atoms with Crippen molar-refractivity contribution < 1.29 is 4.92 Å². The van der Waals surface area contributed by atoms with Crippen molar-refractivity contribution in [1.82, 2.24) is 4.57 Å². The number of aromatic nitrogens is 1. The number of rotatable bonds is 4. The molecule has 0 saturated carbocycles. The molecule has 0 unspecified atom stereocenters. The van der Waals surface area contributed by atoms with E-state index in [0.717, 1.165) is 5.56 Å². The van der Waals surface area contributed by atoms with Gasteiger partial charge in [-0.1, -0.05) is 12.1 Å². The molecule has 20 heavy (non-hydrogen) atoms. The average Bonchev–Trinajstić information content (AvgIpc) is 2.43. The van der Waals surface area contributed by atoms with E-state index in [4.69, 9.17) is 0 Å². The van der Waals surface area contributed by atoms with Crippen molar-refractivity contribution in [3.05, 3.63) is 68.1 Å². The number of aryl methyl sites for hydroxylation is 1. The van der Waals surface area contributed by atoms with Gasteiger partial charge in [-0.2, -0.15) is 0 Å². The third-order valence-electron chi connectivity index (χ3n) is 3.09. The molecule has 0 fully saturated rings. The average molecular weight is 273 g/mol. The number of nitro groups is 1. The van der Waals surface area contributed by atoms with Crippen LogP contribution in [-0.4, -0.2) is 16.5 Å². The second kappa shape index (κ2) is 5.56. The van der Waals surface area contributed by atoms with E-state index in [0.29, 0.717) is 17.8 Å². The van der Waals surface area contributed by atoms with E-state index >= 15 is 0 Å². The Balaban J connectivity index is 2.37. The maximum Gasteiger partial charge on any atom is 0.292 e. The molecule has 0 aliphatic heterocycles. The first-order valence-corrected chi connectivity index (χ1v) is 6.14. The number of benzene rings is 1. The van der Waals surface area contributed by atoms with Gasteiger partial charge in [0.25, 0.3) is 11.2 Å². The van der Waals surface area contributed by atoms with Crippen molar-refractivity contribution in [3.63, 3.8) is 0 Å². The van der Waals surface area contributed by atoms with Crippen LogP contribution in [0.5, 0.6) is 0 Å². The highest BCUT2D eigenvalue weighted by Gasteiger charge is 2.13. The van der Waals surface area contributed by atoms with Crippen LogP contribution < -0.4 is 10.9 Å². The normalized spacial score (nSPS) is 10.3. The highest BCUT2D eigenvalue weighted by molar-refractivity contribution is 5.62. The van der Waals surface area contributed by atoms with Gasteiger partial charge in [0.1, 0.15) is 5.69 Å². The summed E-state index contributed by atoms with van der Waals surface area (Å²) in [5.74, 6) is 0. The summed E-state index contributed by atoms with van der Waals surface area (Å²) in [5, 5.41) is 13.7. The molecule has 0 amide bonds. The van der Waals surface area contributed by atoms with Crippen LogP contribution in [0.3, 0.4) is 0 Å². The standard InChI is InChI=1S/C14H15N3O3/c1-10-4-3-7-16(14(10)18)9-11-5-6-13(17(19)20)12(8-11)15-2/h3-8,15H,9H2,1-2H3. The molecule has 0 saturated heterocycles. The fraction of sp³-hybridized carbons (Fsp3) is 0.214. The molecular formula is C14H15N3O3. The number of nitrogens with zero attached hydrogens (tertiary/aromatic N) is 2. The van der Waals surface area contributed by atoms with Crippen LogP contribution in [0, 0.1) is 17.0 Å². The van der Waals surface area contributed by atoms with E-state index in [2.05, 4.69) is 5.32 Å². The number of hydrogen-bond donors (Lipinski definition) is 1. The summed E-state index contributed by atoms with van der Waals surface area (Å²) in [6.07, 6.45) is 1.70. The van der Waals surface area contributed by atoms with Crippen LogP contribution in [0.2, 0.25) is 0 Å². The summed E-state index contributed by atoms with van der Waals surface area (Å²) in [4.78, 5) is 22.4. The molecule has 0 bridgehead atoms. The summed E-state index contributed by atoms with van der Waals surface area (Å²) in [7, 11) is 1.63. The fourth-order valence-electron chi connectivity index (χ4n) is 2.02. The summed E-state index contributed by atoms with van der Waals surface area (Å²) in [5.41, 5.74) is 1.90. The number of pyridine rings is 1. The SMILES string of the molecule is CNc1cc(Cn2cccc(C)c2=O)ccc1[N+](=O)[O-]. The Hall–Kier alpha value is -2.63. The minimum Gasteiger partial charge on any atom is -0.383 e. The molecular weight excluding hydrogens is 258 g/mol. The predicted molar refractivity (Wildman–Crippen MR) is 77.2 cm³/mol. The number of nitro benzene ring substituents is 1. The Morgan fingerprint density at radius 1 is 1.35 bits per heavy atom. The summed E-state index contributed by atoms with van der Waals surface area (Å²) >= 11 is 0. The Labute approximate surface area is 115 Å². The predicted octanol–water partition coefficient (Wildman–Crippen LogP) is 2.15. The molecule has 0 radical (unpaired) electrons. The highest BCUT2D eigenvalue weighted by atomic mass is 16.6. The molecule has 0 spiro atoms. The summed E-state index contributed by atoms with van der Waals surface area (Å²) in [6.45, 7) is 2.14. The molecule has 0 aliphatic rings. The number of hydrogen-bond acceptors (Lipinski definition) is 4. The topological polar surface area (TPSA) is 77.2 Å². The third kappa shape index (κ3) is 2.69. The zero-order valence-electron chi connectivity index (χ0n) is 11.3. The quantitative estimate of drug-likeness (QED) is 0.684. The van der Waals surface area contributed by atoms with Crippen molar-refractivity contribution in [3.8, 4) is 0 Å². The number of anilines is 1. The van der Waals surface area contributed by atoms with Crippen molar-refractivity contribution >= 4 is 11.4 Å². The molecule has 0 atom stereocenters. The van der Waals surface area contributed by atoms with Crippen LogP contribution in [0.1, 0.15) is 11.1 Å². The molecule has 0 aliphatic carbocycles. The van der Waals surface area contributed by atoms with Crippen LogP contribution >= 0.6 is 0 Å². The first-order chi connectivity index (χ1) is 9.52. The second-order valence-electron chi connectivity index (χ2n) is 4.48. The maximum absolute atomic E-state index is 11.9. The lowest BCUT2D eigenvalue weighted by atomic mass is 10.1. The lowest BCUT2D eigenvalue weighted by Gasteiger charge is -2.09. The van der Waals surface area contributed by atoms with E-state index < -0.39 is 4.92 Å². The lowest BCUT2D eigenvalue weighted by molar-refractivity contribution is -0.383. The van der Waals surface area contributed by atoms with Crippen LogP contribution in [0.15, 0.2) is 41.3 Å². The Morgan fingerprint density at radius 2 is 2.10 bits per heavy atom. The maximum atomic E-state index is 11.9. The van der Waals surface area contributed by atoms with Crippen molar-refractivity contribution in [1.29, 1.82) is 0 Å². The zero-order chi connectivity index (χ0) is 14.7. The van der Waals surface area contributed by atoms with Gasteiger partial charge in [-0.3, -0.25) is 14.9 Å². The smallest absolute Gasteiger partial charge is 0.292 e. The Bertz CT molecular complexity index is 707. The number of nitrogens with one attached hydrogen (secondary N) is 1. The Morgan fingerprint density at radius 3 is 2.75 bits per heavy atom. The van der Waals surface area contributed by atoms with Crippen molar-refractivity contribution in [2.75, 3.05) is 12.4 Å². The van der Waals surface area contributed by atoms with Crippen molar-refractivity contribution in [2.24, 2.45) is 0 Å². The first-order valence-electron chi connectivity index (χ1n) is 6.14. The van der Waals surface area contributed by atoms with Gasteiger partial charge in [-0.25, -0.2) is 0 Å². The highest BCUT2D eigenvalue weighted by Crippen LogP contribution is 2.25. The second-order valence-corrected chi connectivity index (χ2v) is 4.48. The zero-order valence-corrected chi connectivity index (χ0v) is 11.3. The molecule has 2 aromatic rings. The first kappa shape index (κ1) is 13.8. The van der Waals surface area contributed by atoms with E-state index in [1.165, 1.54) is 6.07 Å². The molecule has 1 aromatic heterocycles. The van der Waals surface area contributed by atoms with Crippen LogP contribution in [-0.2, 0) is 6.54 Å². The van der Waals surface area contributed by atoms with Crippen LogP contribution in [0.4, 0.5) is 11.4 Å². The van der Waals surface area contributed by atoms with E-state index in [9.17, 15) is 14.9 Å². The molecule has 6 nitrogen and oxygen atoms in total. The van der Waals surface area contributed by atoms with Crippen molar-refractivity contribution in [2.45, 2.75) is 13.5 Å². The van der Waals surface area contributed by atoms with E-state index in [1.807, 2.05) is 0 Å². The molecule has 1 aromatic carbocycles. The van der Waals surface area contributed by atoms with Gasteiger partial charge < -0.3 is 9.88 Å². The van der Waals surface area contributed by atoms with E-state index in [1.54, 1.807) is 49.0 Å². The van der Waals surface area contributed by atoms with Gasteiger partial charge in [-0.05, 0) is 24.6 Å². The minimum absolute atomic E-state index is 0.0211. The molecule has 1 N–H and O–H groups in total. The van der Waals surface area contributed by atoms with Gasteiger partial charge in [0.2, 0.25) is 0 Å². The fourth-order valence-corrected chi connectivity index (χ4v) is 2.02. The van der Waals surface area contributed by atoms with E-state index in [-0.39, 0.29) is 11.2 Å². The van der Waals surface area contributed by atoms with Gasteiger partial charge >= 0.3 is 0 Å². The third-order valence-corrected chi connectivity index (χ3v) is 3.09. The summed E-state index contributed by atoms with van der Waals surface area (Å²) in [6, 6.07) is 8.36. The molecule has 104 valence electrons. The minimum atomic E-state index is -0.436. The summed E-state index contributed by atoms with van der Waals surface area (Å²) < 4.78 is 1.58. The van der Waals surface area contributed by atoms with Gasteiger partial charge in [0.05, 0.1) is 11.5 Å².